The highest BCUT2D eigenvalue weighted by molar-refractivity contribution is 7.85. The molecule has 0 aliphatic carbocycles. The molecule has 0 saturated heterocycles. The van der Waals surface area contributed by atoms with E-state index in [9.17, 15) is 13.4 Å². The molecule has 0 aliphatic rings. The summed E-state index contributed by atoms with van der Waals surface area (Å²) in [6, 6.07) is 5.58. The third-order valence-electron chi connectivity index (χ3n) is 2.48. The van der Waals surface area contributed by atoms with E-state index >= 15 is 0 Å². The molecule has 0 heterocycles. The monoisotopic (exact) mass is 257 g/mol. The minimum atomic E-state index is -1.49. The van der Waals surface area contributed by atoms with Crippen LogP contribution in [0.15, 0.2) is 29.2 Å². The molecule has 5 heteroatoms. The molecule has 0 bridgehead atoms. The van der Waals surface area contributed by atoms with Crippen LogP contribution >= 0.6 is 0 Å². The molecule has 3 nitrogen and oxygen atoms in total. The SMILES string of the molecule is CC(C)N(C)C(=O)CS(=O)c1cccc(F)c1. The van der Waals surface area contributed by atoms with E-state index in [2.05, 4.69) is 0 Å². The summed E-state index contributed by atoms with van der Waals surface area (Å²) >= 11 is 0. The largest absolute Gasteiger partial charge is 0.343 e. The first-order chi connectivity index (χ1) is 7.91. The highest BCUT2D eigenvalue weighted by Gasteiger charge is 2.16. The zero-order chi connectivity index (χ0) is 13.0. The van der Waals surface area contributed by atoms with E-state index in [0.717, 1.165) is 0 Å². The Labute approximate surface area is 103 Å². The quantitative estimate of drug-likeness (QED) is 0.825. The van der Waals surface area contributed by atoms with E-state index in [0.29, 0.717) is 4.90 Å². The van der Waals surface area contributed by atoms with Gasteiger partial charge in [-0.2, -0.15) is 0 Å². The molecule has 0 N–H and O–H groups in total. The van der Waals surface area contributed by atoms with E-state index in [1.807, 2.05) is 13.8 Å². The van der Waals surface area contributed by atoms with Gasteiger partial charge in [-0.1, -0.05) is 6.07 Å². The van der Waals surface area contributed by atoms with Crippen LogP contribution in [0.3, 0.4) is 0 Å². The summed E-state index contributed by atoms with van der Waals surface area (Å²) in [6.07, 6.45) is 0. The number of nitrogens with zero attached hydrogens (tertiary/aromatic N) is 1. The van der Waals surface area contributed by atoms with Gasteiger partial charge in [-0.25, -0.2) is 4.39 Å². The van der Waals surface area contributed by atoms with Crippen molar-refractivity contribution < 1.29 is 13.4 Å². The van der Waals surface area contributed by atoms with Gasteiger partial charge in [0.05, 0.1) is 10.8 Å². The molecular weight excluding hydrogens is 241 g/mol. The predicted octanol–water partition coefficient (Wildman–Crippen LogP) is 1.80. The second kappa shape index (κ2) is 5.91. The molecule has 0 spiro atoms. The molecule has 0 fully saturated rings. The lowest BCUT2D eigenvalue weighted by molar-refractivity contribution is -0.128. The average molecular weight is 257 g/mol. The zero-order valence-electron chi connectivity index (χ0n) is 10.1. The molecule has 1 aromatic rings. The second-order valence-corrected chi connectivity index (χ2v) is 5.50. The van der Waals surface area contributed by atoms with E-state index in [4.69, 9.17) is 0 Å². The normalized spacial score (nSPS) is 12.5. The van der Waals surface area contributed by atoms with Crippen LogP contribution in [0.5, 0.6) is 0 Å². The van der Waals surface area contributed by atoms with E-state index < -0.39 is 16.6 Å². The first-order valence-corrected chi connectivity index (χ1v) is 6.63. The summed E-state index contributed by atoms with van der Waals surface area (Å²) in [7, 11) is 0.170. The molecule has 1 aromatic carbocycles. The van der Waals surface area contributed by atoms with Crippen molar-refractivity contribution in [3.05, 3.63) is 30.1 Å². The summed E-state index contributed by atoms with van der Waals surface area (Å²) in [6.45, 7) is 3.76. The van der Waals surface area contributed by atoms with Crippen LogP contribution in [0.2, 0.25) is 0 Å². The van der Waals surface area contributed by atoms with Gasteiger partial charge in [0.2, 0.25) is 5.91 Å². The number of hydrogen-bond donors (Lipinski definition) is 0. The van der Waals surface area contributed by atoms with Crippen LogP contribution in [0, 0.1) is 5.82 Å². The molecule has 1 unspecified atom stereocenters. The van der Waals surface area contributed by atoms with Crippen molar-refractivity contribution >= 4 is 16.7 Å². The maximum Gasteiger partial charge on any atom is 0.235 e. The Bertz CT molecular complexity index is 434. The van der Waals surface area contributed by atoms with Gasteiger partial charge in [0.25, 0.3) is 0 Å². The smallest absolute Gasteiger partial charge is 0.235 e. The third kappa shape index (κ3) is 3.93. The fourth-order valence-electron chi connectivity index (χ4n) is 1.19. The van der Waals surface area contributed by atoms with Crippen molar-refractivity contribution in [2.45, 2.75) is 24.8 Å². The molecule has 0 aliphatic heterocycles. The van der Waals surface area contributed by atoms with Crippen LogP contribution in [-0.2, 0) is 15.6 Å². The fraction of sp³-hybridized carbons (Fsp3) is 0.417. The van der Waals surface area contributed by atoms with Gasteiger partial charge >= 0.3 is 0 Å². The summed E-state index contributed by atoms with van der Waals surface area (Å²) < 4.78 is 24.8. The number of hydrogen-bond acceptors (Lipinski definition) is 2. The Hall–Kier alpha value is -1.23. The number of benzene rings is 1. The molecule has 1 amide bonds. The summed E-state index contributed by atoms with van der Waals surface area (Å²) in [5, 5.41) is 0. The second-order valence-electron chi connectivity index (χ2n) is 4.05. The number of halogens is 1. The van der Waals surface area contributed by atoms with Crippen LogP contribution in [0.4, 0.5) is 4.39 Å². The van der Waals surface area contributed by atoms with Crippen LogP contribution < -0.4 is 0 Å². The fourth-order valence-corrected chi connectivity index (χ4v) is 2.26. The van der Waals surface area contributed by atoms with E-state index in [-0.39, 0.29) is 17.7 Å². The zero-order valence-corrected chi connectivity index (χ0v) is 11.0. The Morgan fingerprint density at radius 3 is 2.65 bits per heavy atom. The number of carbonyl (C=O) groups is 1. The van der Waals surface area contributed by atoms with Crippen molar-refractivity contribution in [1.29, 1.82) is 0 Å². The third-order valence-corrected chi connectivity index (χ3v) is 3.77. The minimum Gasteiger partial charge on any atom is -0.343 e. The highest BCUT2D eigenvalue weighted by Crippen LogP contribution is 2.09. The topological polar surface area (TPSA) is 37.4 Å². The summed E-state index contributed by atoms with van der Waals surface area (Å²) in [4.78, 5) is 13.6. The Balaban J connectivity index is 2.70. The maximum atomic E-state index is 12.9. The number of amides is 1. The molecule has 0 aromatic heterocycles. The minimum absolute atomic E-state index is 0.0620. The van der Waals surface area contributed by atoms with Gasteiger partial charge in [0, 0.05) is 18.0 Å². The Morgan fingerprint density at radius 2 is 2.12 bits per heavy atom. The average Bonchev–Trinajstić information content (AvgIpc) is 2.27. The number of rotatable bonds is 4. The maximum absolute atomic E-state index is 12.9. The lowest BCUT2D eigenvalue weighted by atomic mass is 10.3. The van der Waals surface area contributed by atoms with Crippen LogP contribution in [0.1, 0.15) is 13.8 Å². The first-order valence-electron chi connectivity index (χ1n) is 5.31. The van der Waals surface area contributed by atoms with Crippen LogP contribution in [-0.4, -0.2) is 33.9 Å². The van der Waals surface area contributed by atoms with Gasteiger partial charge < -0.3 is 4.90 Å². The number of carbonyl (C=O) groups excluding carboxylic acids is 1. The first kappa shape index (κ1) is 13.8. The molecule has 17 heavy (non-hydrogen) atoms. The molecule has 0 saturated carbocycles. The summed E-state index contributed by atoms with van der Waals surface area (Å²) in [5.74, 6) is -0.763. The lowest BCUT2D eigenvalue weighted by Gasteiger charge is -2.21. The van der Waals surface area contributed by atoms with Crippen molar-refractivity contribution in [2.24, 2.45) is 0 Å². The molecular formula is C12H16FNO2S. The Morgan fingerprint density at radius 1 is 1.47 bits per heavy atom. The van der Waals surface area contributed by atoms with Crippen molar-refractivity contribution in [2.75, 3.05) is 12.8 Å². The van der Waals surface area contributed by atoms with Crippen molar-refractivity contribution in [3.63, 3.8) is 0 Å². The van der Waals surface area contributed by atoms with Crippen LogP contribution in [0.25, 0.3) is 0 Å². The Kier molecular flexibility index (Phi) is 4.81. The summed E-state index contributed by atoms with van der Waals surface area (Å²) in [5.41, 5.74) is 0. The standard InChI is InChI=1S/C12H16FNO2S/c1-9(2)14(3)12(15)8-17(16)11-6-4-5-10(13)7-11/h4-7,9H,8H2,1-3H3. The van der Waals surface area contributed by atoms with Gasteiger partial charge in [-0.15, -0.1) is 0 Å². The van der Waals surface area contributed by atoms with Crippen molar-refractivity contribution in [1.82, 2.24) is 4.90 Å². The predicted molar refractivity (Wildman–Crippen MR) is 65.6 cm³/mol. The van der Waals surface area contributed by atoms with E-state index in [1.54, 1.807) is 13.1 Å². The van der Waals surface area contributed by atoms with Gasteiger partial charge in [0.15, 0.2) is 0 Å². The molecule has 1 rings (SSSR count). The van der Waals surface area contributed by atoms with Gasteiger partial charge in [-0.05, 0) is 32.0 Å². The van der Waals surface area contributed by atoms with E-state index in [1.165, 1.54) is 23.1 Å². The van der Waals surface area contributed by atoms with Crippen molar-refractivity contribution in [3.8, 4) is 0 Å². The molecule has 1 atom stereocenters. The highest BCUT2D eigenvalue weighted by atomic mass is 32.2. The molecule has 0 radical (unpaired) electrons. The van der Waals surface area contributed by atoms with Gasteiger partial charge in [-0.3, -0.25) is 9.00 Å². The lowest BCUT2D eigenvalue weighted by Crippen LogP contribution is -2.36. The molecule has 94 valence electrons. The van der Waals surface area contributed by atoms with Gasteiger partial charge in [0.1, 0.15) is 11.6 Å².